The predicted molar refractivity (Wildman–Crippen MR) is 118 cm³/mol. The van der Waals surface area contributed by atoms with Crippen molar-refractivity contribution in [3.8, 4) is 5.69 Å². The lowest BCUT2D eigenvalue weighted by Crippen LogP contribution is -2.23. The molecule has 0 radical (unpaired) electrons. The molecule has 1 aliphatic carbocycles. The molecule has 0 saturated heterocycles. The van der Waals surface area contributed by atoms with Crippen LogP contribution < -0.4 is 5.56 Å². The van der Waals surface area contributed by atoms with E-state index in [-0.39, 0.29) is 11.6 Å². The molecule has 30 heavy (non-hydrogen) atoms. The molecule has 0 N–H and O–H groups in total. The minimum absolute atomic E-state index is 0.0205. The normalized spacial score (nSPS) is 15.0. The number of aryl methyl sites for hydroxylation is 1. The maximum absolute atomic E-state index is 13.6. The van der Waals surface area contributed by atoms with E-state index in [1.54, 1.807) is 6.33 Å². The van der Waals surface area contributed by atoms with Crippen LogP contribution in [-0.4, -0.2) is 24.1 Å². The Morgan fingerprint density at radius 1 is 0.933 bits per heavy atom. The standard InChI is InChI=1S/C24H21N5O/c1-15-7-6-10-17(13-15)29-22-20(24(30)28(14-25-22)16-8-2-3-9-16)21-23(29)27-19-12-5-4-11-18(19)26-21/h4-7,10-14,16H,2-3,8-9H2,1H3. The van der Waals surface area contributed by atoms with Crippen LogP contribution in [-0.2, 0) is 0 Å². The average Bonchev–Trinajstić information content (AvgIpc) is 3.39. The van der Waals surface area contributed by atoms with Gasteiger partial charge in [-0.15, -0.1) is 0 Å². The molecule has 148 valence electrons. The maximum Gasteiger partial charge on any atom is 0.265 e. The van der Waals surface area contributed by atoms with Gasteiger partial charge in [0.15, 0.2) is 11.3 Å². The van der Waals surface area contributed by atoms with Gasteiger partial charge in [0.05, 0.1) is 11.0 Å². The Morgan fingerprint density at radius 2 is 1.70 bits per heavy atom. The van der Waals surface area contributed by atoms with E-state index < -0.39 is 0 Å². The van der Waals surface area contributed by atoms with E-state index in [2.05, 4.69) is 19.1 Å². The zero-order chi connectivity index (χ0) is 20.2. The van der Waals surface area contributed by atoms with Crippen molar-refractivity contribution in [3.05, 3.63) is 70.8 Å². The number of hydrogen-bond acceptors (Lipinski definition) is 4. The van der Waals surface area contributed by atoms with Crippen molar-refractivity contribution in [1.82, 2.24) is 24.1 Å². The van der Waals surface area contributed by atoms with E-state index in [1.807, 2.05) is 45.5 Å². The number of hydrogen-bond donors (Lipinski definition) is 0. The zero-order valence-electron chi connectivity index (χ0n) is 16.7. The van der Waals surface area contributed by atoms with Crippen LogP contribution in [0, 0.1) is 6.92 Å². The summed E-state index contributed by atoms with van der Waals surface area (Å²) in [6.45, 7) is 2.05. The van der Waals surface area contributed by atoms with Crippen LogP contribution >= 0.6 is 0 Å². The Kier molecular flexibility index (Phi) is 3.75. The SMILES string of the molecule is Cc1cccc(-n2c3nc4ccccc4nc3c3c(=O)n(C4CCCC4)cnc32)c1. The average molecular weight is 395 g/mol. The number of benzene rings is 2. The summed E-state index contributed by atoms with van der Waals surface area (Å²) in [7, 11) is 0. The van der Waals surface area contributed by atoms with Crippen LogP contribution in [0.1, 0.15) is 37.3 Å². The summed E-state index contributed by atoms with van der Waals surface area (Å²) < 4.78 is 3.78. The first-order chi connectivity index (χ1) is 14.7. The van der Waals surface area contributed by atoms with Crippen molar-refractivity contribution in [2.45, 2.75) is 38.6 Å². The molecule has 0 spiro atoms. The molecule has 6 heteroatoms. The molecule has 3 heterocycles. The van der Waals surface area contributed by atoms with Gasteiger partial charge in [-0.2, -0.15) is 0 Å². The molecular weight excluding hydrogens is 374 g/mol. The molecule has 0 bridgehead atoms. The Bertz CT molecular complexity index is 1490. The summed E-state index contributed by atoms with van der Waals surface area (Å²) in [6, 6.07) is 16.2. The number of aromatic nitrogens is 5. The van der Waals surface area contributed by atoms with Gasteiger partial charge in [0.1, 0.15) is 17.2 Å². The first-order valence-corrected chi connectivity index (χ1v) is 10.5. The van der Waals surface area contributed by atoms with Crippen molar-refractivity contribution in [3.63, 3.8) is 0 Å². The van der Waals surface area contributed by atoms with Crippen molar-refractivity contribution in [2.75, 3.05) is 0 Å². The molecule has 3 aromatic heterocycles. The van der Waals surface area contributed by atoms with Crippen molar-refractivity contribution in [1.29, 1.82) is 0 Å². The van der Waals surface area contributed by atoms with E-state index in [0.29, 0.717) is 22.2 Å². The first-order valence-electron chi connectivity index (χ1n) is 10.5. The zero-order valence-corrected chi connectivity index (χ0v) is 16.7. The van der Waals surface area contributed by atoms with E-state index in [9.17, 15) is 4.79 Å². The van der Waals surface area contributed by atoms with Crippen molar-refractivity contribution < 1.29 is 0 Å². The summed E-state index contributed by atoms with van der Waals surface area (Å²) in [4.78, 5) is 28.2. The Morgan fingerprint density at radius 3 is 2.47 bits per heavy atom. The quantitative estimate of drug-likeness (QED) is 0.434. The molecule has 1 aliphatic rings. The topological polar surface area (TPSA) is 65.6 Å². The fraction of sp³-hybridized carbons (Fsp3) is 0.250. The maximum atomic E-state index is 13.6. The highest BCUT2D eigenvalue weighted by atomic mass is 16.1. The molecule has 0 amide bonds. The highest BCUT2D eigenvalue weighted by Gasteiger charge is 2.24. The van der Waals surface area contributed by atoms with Gasteiger partial charge in [-0.3, -0.25) is 13.9 Å². The fourth-order valence-corrected chi connectivity index (χ4v) is 4.70. The molecule has 6 rings (SSSR count). The summed E-state index contributed by atoms with van der Waals surface area (Å²) >= 11 is 0. The lowest BCUT2D eigenvalue weighted by molar-refractivity contribution is 0.499. The van der Waals surface area contributed by atoms with Gasteiger partial charge >= 0.3 is 0 Å². The third-order valence-corrected chi connectivity index (χ3v) is 6.17. The van der Waals surface area contributed by atoms with Crippen LogP contribution in [0.25, 0.3) is 38.9 Å². The minimum Gasteiger partial charge on any atom is -0.295 e. The third-order valence-electron chi connectivity index (χ3n) is 6.17. The van der Waals surface area contributed by atoms with Crippen LogP contribution in [0.3, 0.4) is 0 Å². The summed E-state index contributed by atoms with van der Waals surface area (Å²) in [5.41, 5.74) is 5.54. The smallest absolute Gasteiger partial charge is 0.265 e. The van der Waals surface area contributed by atoms with Crippen LogP contribution in [0.4, 0.5) is 0 Å². The third kappa shape index (κ3) is 2.49. The molecule has 5 aromatic rings. The van der Waals surface area contributed by atoms with Crippen LogP contribution in [0.5, 0.6) is 0 Å². The second-order valence-electron chi connectivity index (χ2n) is 8.15. The van der Waals surface area contributed by atoms with Gasteiger partial charge < -0.3 is 0 Å². The largest absolute Gasteiger partial charge is 0.295 e. The molecule has 6 nitrogen and oxygen atoms in total. The molecule has 1 fully saturated rings. The molecule has 0 unspecified atom stereocenters. The molecular formula is C24H21N5O. The Hall–Kier alpha value is -3.54. The van der Waals surface area contributed by atoms with Gasteiger partial charge in [0.2, 0.25) is 0 Å². The first kappa shape index (κ1) is 17.3. The van der Waals surface area contributed by atoms with Crippen LogP contribution in [0.15, 0.2) is 59.7 Å². The second kappa shape index (κ2) is 6.49. The number of fused-ring (bicyclic) bond motifs is 4. The number of para-hydroxylation sites is 2. The van der Waals surface area contributed by atoms with Gasteiger partial charge in [-0.1, -0.05) is 37.1 Å². The van der Waals surface area contributed by atoms with Crippen molar-refractivity contribution >= 4 is 33.2 Å². The van der Waals surface area contributed by atoms with Gasteiger partial charge in [0.25, 0.3) is 5.56 Å². The molecule has 0 atom stereocenters. The summed E-state index contributed by atoms with van der Waals surface area (Å²) in [5.74, 6) is 0. The molecule has 2 aromatic carbocycles. The van der Waals surface area contributed by atoms with Gasteiger partial charge in [0, 0.05) is 11.7 Å². The number of rotatable bonds is 2. The Balaban J connectivity index is 1.77. The Labute approximate surface area is 172 Å². The predicted octanol–water partition coefficient (Wildman–Crippen LogP) is 4.71. The summed E-state index contributed by atoms with van der Waals surface area (Å²) in [6.07, 6.45) is 6.08. The summed E-state index contributed by atoms with van der Waals surface area (Å²) in [5, 5.41) is 0.555. The van der Waals surface area contributed by atoms with Gasteiger partial charge in [-0.05, 0) is 49.6 Å². The lowest BCUT2D eigenvalue weighted by Gasteiger charge is -2.13. The van der Waals surface area contributed by atoms with E-state index in [4.69, 9.17) is 15.0 Å². The lowest BCUT2D eigenvalue weighted by atomic mass is 10.2. The van der Waals surface area contributed by atoms with Crippen molar-refractivity contribution in [2.24, 2.45) is 0 Å². The van der Waals surface area contributed by atoms with E-state index in [0.717, 1.165) is 48.0 Å². The monoisotopic (exact) mass is 395 g/mol. The highest BCUT2D eigenvalue weighted by Crippen LogP contribution is 2.31. The fourth-order valence-electron chi connectivity index (χ4n) is 4.70. The van der Waals surface area contributed by atoms with Gasteiger partial charge in [-0.25, -0.2) is 15.0 Å². The highest BCUT2D eigenvalue weighted by molar-refractivity contribution is 6.05. The molecule has 1 saturated carbocycles. The number of nitrogens with zero attached hydrogens (tertiary/aromatic N) is 5. The molecule has 0 aliphatic heterocycles. The van der Waals surface area contributed by atoms with E-state index in [1.165, 1.54) is 0 Å². The van der Waals surface area contributed by atoms with Crippen LogP contribution in [0.2, 0.25) is 0 Å². The van der Waals surface area contributed by atoms with E-state index >= 15 is 0 Å². The second-order valence-corrected chi connectivity index (χ2v) is 8.15. The minimum atomic E-state index is -0.0205.